The summed E-state index contributed by atoms with van der Waals surface area (Å²) in [4.78, 5) is 13.1. The van der Waals surface area contributed by atoms with Gasteiger partial charge in [0, 0.05) is 22.6 Å². The second-order valence-corrected chi connectivity index (χ2v) is 10.6. The molecule has 0 aliphatic carbocycles. The summed E-state index contributed by atoms with van der Waals surface area (Å²) >= 11 is 0. The van der Waals surface area contributed by atoms with E-state index in [4.69, 9.17) is 0 Å². The minimum Gasteiger partial charge on any atom is -0.289 e. The van der Waals surface area contributed by atoms with Gasteiger partial charge in [0.1, 0.15) is 7.80 Å². The first kappa shape index (κ1) is 26.0. The van der Waals surface area contributed by atoms with Gasteiger partial charge in [0.2, 0.25) is 0 Å². The maximum atomic E-state index is 13.5. The van der Waals surface area contributed by atoms with Crippen molar-refractivity contribution in [2.24, 2.45) is 11.3 Å². The number of hydrogen-bond acceptors (Lipinski definition) is 2. The molecule has 2 nitrogen and oxygen atoms in total. The minimum absolute atomic E-state index is 0.0324. The van der Waals surface area contributed by atoms with Gasteiger partial charge < -0.3 is 0 Å². The van der Waals surface area contributed by atoms with E-state index in [1.165, 1.54) is 18.2 Å². The number of alkyl halides is 6. The Labute approximate surface area is 183 Å². The molecule has 0 aliphatic rings. The molecule has 0 heterocycles. The highest BCUT2D eigenvalue weighted by molar-refractivity contribution is 7.53. The molecular weight excluding hydrogens is 453 g/mol. The zero-order valence-electron chi connectivity index (χ0n) is 18.1. The van der Waals surface area contributed by atoms with E-state index in [1.54, 1.807) is 0 Å². The lowest BCUT2D eigenvalue weighted by Crippen LogP contribution is -2.23. The summed E-state index contributed by atoms with van der Waals surface area (Å²) in [7, 11) is -2.22. The van der Waals surface area contributed by atoms with Gasteiger partial charge in [-0.15, -0.1) is 0 Å². The van der Waals surface area contributed by atoms with Crippen molar-refractivity contribution in [3.05, 3.63) is 64.7 Å². The maximum absolute atomic E-state index is 13.5. The molecule has 2 rings (SSSR count). The van der Waals surface area contributed by atoms with Crippen LogP contribution in [-0.2, 0) is 16.9 Å². The van der Waals surface area contributed by atoms with Crippen LogP contribution in [0.1, 0.15) is 61.2 Å². The SMILES string of the molecule is CC(C[P](=O)c1ccccc1C(=O)c1c(C(F)(F)F)cccc1C(F)(F)F)CC(C)(C)C. The fourth-order valence-corrected chi connectivity index (χ4v) is 5.37. The number of halogens is 6. The molecule has 0 spiro atoms. The summed E-state index contributed by atoms with van der Waals surface area (Å²) in [6.45, 7) is 7.87. The maximum Gasteiger partial charge on any atom is 0.417 e. The van der Waals surface area contributed by atoms with Crippen LogP contribution in [0.2, 0.25) is 0 Å². The number of carbonyl (C=O) groups excluding carboxylic acids is 1. The summed E-state index contributed by atoms with van der Waals surface area (Å²) in [6, 6.07) is 6.71. The number of hydrogen-bond donors (Lipinski definition) is 0. The molecule has 0 bridgehead atoms. The third kappa shape index (κ3) is 6.41. The molecule has 0 N–H and O–H groups in total. The standard InChI is InChI=1S/C23H24F6O2P/c1-14(12-21(2,3)4)13-32(31)18-11-6-5-8-15(18)20(30)19-16(22(24,25)26)9-7-10-17(19)23(27,28)29/h5-11,14H,12-13H2,1-4H3. The van der Waals surface area contributed by atoms with E-state index in [0.29, 0.717) is 24.6 Å². The summed E-state index contributed by atoms with van der Waals surface area (Å²) < 4.78 is 94.0. The Hall–Kier alpha value is -2.21. The lowest BCUT2D eigenvalue weighted by atomic mass is 9.86. The Morgan fingerprint density at radius 3 is 1.84 bits per heavy atom. The van der Waals surface area contributed by atoms with Gasteiger partial charge in [0.25, 0.3) is 0 Å². The molecule has 0 saturated carbocycles. The molecule has 2 unspecified atom stereocenters. The molecular formula is C23H24F6O2P. The predicted molar refractivity (Wildman–Crippen MR) is 112 cm³/mol. The van der Waals surface area contributed by atoms with Crippen LogP contribution in [0.4, 0.5) is 26.3 Å². The first-order valence-electron chi connectivity index (χ1n) is 9.88. The third-order valence-electron chi connectivity index (χ3n) is 4.76. The minimum atomic E-state index is -5.18. The molecule has 9 heteroatoms. The van der Waals surface area contributed by atoms with Crippen molar-refractivity contribution in [2.45, 2.75) is 46.5 Å². The fourth-order valence-electron chi connectivity index (χ4n) is 3.78. The van der Waals surface area contributed by atoms with Gasteiger partial charge >= 0.3 is 12.4 Å². The van der Waals surface area contributed by atoms with Crippen molar-refractivity contribution >= 4 is 18.9 Å². The van der Waals surface area contributed by atoms with Crippen LogP contribution in [0.5, 0.6) is 0 Å². The molecule has 2 atom stereocenters. The largest absolute Gasteiger partial charge is 0.417 e. The first-order chi connectivity index (χ1) is 14.5. The van der Waals surface area contributed by atoms with Crippen LogP contribution >= 0.6 is 7.80 Å². The second-order valence-electron chi connectivity index (χ2n) is 9.00. The molecule has 1 radical (unpaired) electrons. The van der Waals surface area contributed by atoms with Gasteiger partial charge in [-0.2, -0.15) is 26.3 Å². The monoisotopic (exact) mass is 477 g/mol. The third-order valence-corrected chi connectivity index (χ3v) is 6.64. The molecule has 0 aliphatic heterocycles. The van der Waals surface area contributed by atoms with E-state index in [1.807, 2.05) is 27.7 Å². The van der Waals surface area contributed by atoms with Gasteiger partial charge in [-0.1, -0.05) is 45.9 Å². The molecule has 0 fully saturated rings. The van der Waals surface area contributed by atoms with Crippen molar-refractivity contribution in [2.75, 3.05) is 6.16 Å². The van der Waals surface area contributed by atoms with E-state index in [9.17, 15) is 35.7 Å². The van der Waals surface area contributed by atoms with E-state index in [0.717, 1.165) is 6.07 Å². The predicted octanol–water partition coefficient (Wildman–Crippen LogP) is 7.48. The Balaban J connectivity index is 2.58. The quantitative estimate of drug-likeness (QED) is 0.246. The van der Waals surface area contributed by atoms with E-state index >= 15 is 0 Å². The van der Waals surface area contributed by atoms with Crippen LogP contribution in [0.3, 0.4) is 0 Å². The van der Waals surface area contributed by atoms with Crippen molar-refractivity contribution in [3.8, 4) is 0 Å². The average Bonchev–Trinajstić information content (AvgIpc) is 2.63. The zero-order valence-corrected chi connectivity index (χ0v) is 19.0. The van der Waals surface area contributed by atoms with Gasteiger partial charge in [-0.3, -0.25) is 9.36 Å². The van der Waals surface area contributed by atoms with Gasteiger partial charge in [-0.25, -0.2) is 0 Å². The number of carbonyl (C=O) groups is 1. The number of ketones is 1. The van der Waals surface area contributed by atoms with Gasteiger partial charge in [0.05, 0.1) is 11.1 Å². The van der Waals surface area contributed by atoms with Crippen molar-refractivity contribution in [1.82, 2.24) is 0 Å². The molecule has 0 amide bonds. The summed E-state index contributed by atoms with van der Waals surface area (Å²) in [5.41, 5.74) is -5.31. The molecule has 0 saturated heterocycles. The Kier molecular flexibility index (Phi) is 7.60. The van der Waals surface area contributed by atoms with Crippen molar-refractivity contribution < 1.29 is 35.7 Å². The van der Waals surface area contributed by atoms with Crippen LogP contribution < -0.4 is 5.30 Å². The smallest absolute Gasteiger partial charge is 0.289 e. The highest BCUT2D eigenvalue weighted by Gasteiger charge is 2.43. The Bertz CT molecular complexity index is 971. The highest BCUT2D eigenvalue weighted by Crippen LogP contribution is 2.41. The Morgan fingerprint density at radius 1 is 0.875 bits per heavy atom. The lowest BCUT2D eigenvalue weighted by molar-refractivity contribution is -0.143. The first-order valence-corrected chi connectivity index (χ1v) is 11.3. The zero-order chi connectivity index (χ0) is 24.5. The number of benzene rings is 2. The fraction of sp³-hybridized carbons (Fsp3) is 0.435. The van der Waals surface area contributed by atoms with Gasteiger partial charge in [-0.05, 0) is 42.0 Å². The lowest BCUT2D eigenvalue weighted by Gasteiger charge is -2.23. The average molecular weight is 477 g/mol. The molecule has 0 aromatic heterocycles. The number of rotatable bonds is 6. The van der Waals surface area contributed by atoms with E-state index < -0.39 is 48.2 Å². The summed E-state index contributed by atoms with van der Waals surface area (Å²) in [5, 5.41) is -0.0432. The van der Waals surface area contributed by atoms with Gasteiger partial charge in [0.15, 0.2) is 5.78 Å². The van der Waals surface area contributed by atoms with Crippen LogP contribution in [-0.4, -0.2) is 11.9 Å². The van der Waals surface area contributed by atoms with E-state index in [2.05, 4.69) is 0 Å². The molecule has 32 heavy (non-hydrogen) atoms. The summed E-state index contributed by atoms with van der Waals surface area (Å²) in [6.07, 6.45) is -9.49. The van der Waals surface area contributed by atoms with E-state index in [-0.39, 0.29) is 22.8 Å². The second kappa shape index (κ2) is 9.34. The molecule has 2 aromatic rings. The molecule has 2 aromatic carbocycles. The normalized spacial score (nSPS) is 14.2. The summed E-state index contributed by atoms with van der Waals surface area (Å²) in [5.74, 6) is -1.48. The van der Waals surface area contributed by atoms with Crippen molar-refractivity contribution in [3.63, 3.8) is 0 Å². The van der Waals surface area contributed by atoms with Crippen LogP contribution in [0.15, 0.2) is 42.5 Å². The van der Waals surface area contributed by atoms with Crippen molar-refractivity contribution in [1.29, 1.82) is 0 Å². The van der Waals surface area contributed by atoms with Crippen LogP contribution in [0, 0.1) is 11.3 Å². The van der Waals surface area contributed by atoms with Crippen LogP contribution in [0.25, 0.3) is 0 Å². The topological polar surface area (TPSA) is 34.1 Å². The molecule has 175 valence electrons. The Morgan fingerprint density at radius 2 is 1.38 bits per heavy atom. The highest BCUT2D eigenvalue weighted by atomic mass is 31.1.